The van der Waals surface area contributed by atoms with Crippen LogP contribution >= 0.6 is 15.9 Å². The Morgan fingerprint density at radius 1 is 1.35 bits per heavy atom. The lowest BCUT2D eigenvalue weighted by molar-refractivity contribution is 0.155. The SMILES string of the molecule is FC(F)CN(CCBr)c1nc2ccccc2[nH]1. The van der Waals surface area contributed by atoms with Crippen LogP contribution in [0.5, 0.6) is 0 Å². The average molecular weight is 304 g/mol. The summed E-state index contributed by atoms with van der Waals surface area (Å²) in [4.78, 5) is 8.89. The van der Waals surface area contributed by atoms with Gasteiger partial charge in [-0.1, -0.05) is 28.1 Å². The molecule has 0 radical (unpaired) electrons. The number of anilines is 1. The quantitative estimate of drug-likeness (QED) is 0.861. The summed E-state index contributed by atoms with van der Waals surface area (Å²) in [5.74, 6) is 0.492. The second kappa shape index (κ2) is 5.44. The molecule has 0 unspecified atom stereocenters. The number of fused-ring (bicyclic) bond motifs is 1. The van der Waals surface area contributed by atoms with E-state index in [4.69, 9.17) is 0 Å². The molecule has 1 aromatic heterocycles. The standard InChI is InChI=1S/C11H12BrF2N3/c12-5-6-17(7-10(13)14)11-15-8-3-1-2-4-9(8)16-11/h1-4,10H,5-7H2,(H,15,16). The third-order valence-corrected chi connectivity index (χ3v) is 2.74. The van der Waals surface area contributed by atoms with Gasteiger partial charge in [-0.05, 0) is 12.1 Å². The zero-order valence-electron chi connectivity index (χ0n) is 9.04. The van der Waals surface area contributed by atoms with Gasteiger partial charge in [0.25, 0.3) is 6.43 Å². The Hall–Kier alpha value is -1.17. The molecule has 0 spiro atoms. The Morgan fingerprint density at radius 3 is 2.76 bits per heavy atom. The van der Waals surface area contributed by atoms with Gasteiger partial charge in [0.2, 0.25) is 5.95 Å². The summed E-state index contributed by atoms with van der Waals surface area (Å²) < 4.78 is 24.9. The van der Waals surface area contributed by atoms with Crippen LogP contribution in [0.2, 0.25) is 0 Å². The average Bonchev–Trinajstić information content (AvgIpc) is 2.71. The van der Waals surface area contributed by atoms with Crippen LogP contribution in [-0.2, 0) is 0 Å². The van der Waals surface area contributed by atoms with E-state index >= 15 is 0 Å². The molecule has 17 heavy (non-hydrogen) atoms. The summed E-state index contributed by atoms with van der Waals surface area (Å²) in [7, 11) is 0. The first-order chi connectivity index (χ1) is 8.20. The molecule has 92 valence electrons. The van der Waals surface area contributed by atoms with Gasteiger partial charge >= 0.3 is 0 Å². The first kappa shape index (κ1) is 12.3. The largest absolute Gasteiger partial charge is 0.336 e. The van der Waals surface area contributed by atoms with E-state index in [0.29, 0.717) is 17.8 Å². The number of nitrogens with one attached hydrogen (secondary N) is 1. The van der Waals surface area contributed by atoms with Crippen molar-refractivity contribution in [1.29, 1.82) is 0 Å². The Morgan fingerprint density at radius 2 is 2.12 bits per heavy atom. The minimum Gasteiger partial charge on any atom is -0.336 e. The molecule has 0 amide bonds. The van der Waals surface area contributed by atoms with Crippen molar-refractivity contribution < 1.29 is 8.78 Å². The number of H-pyrrole nitrogens is 1. The zero-order valence-corrected chi connectivity index (χ0v) is 10.6. The maximum absolute atomic E-state index is 12.5. The minimum absolute atomic E-state index is 0.314. The first-order valence-electron chi connectivity index (χ1n) is 5.24. The van der Waals surface area contributed by atoms with Gasteiger partial charge in [0.1, 0.15) is 0 Å². The van der Waals surface area contributed by atoms with Crippen molar-refractivity contribution in [2.45, 2.75) is 6.43 Å². The first-order valence-corrected chi connectivity index (χ1v) is 6.36. The van der Waals surface area contributed by atoms with E-state index in [2.05, 4.69) is 25.9 Å². The zero-order chi connectivity index (χ0) is 12.3. The number of halogens is 3. The molecule has 1 heterocycles. The predicted molar refractivity (Wildman–Crippen MR) is 68.1 cm³/mol. The normalized spacial score (nSPS) is 11.3. The highest BCUT2D eigenvalue weighted by Crippen LogP contribution is 2.17. The maximum atomic E-state index is 12.5. The fourth-order valence-corrected chi connectivity index (χ4v) is 2.07. The van der Waals surface area contributed by atoms with Crippen LogP contribution in [-0.4, -0.2) is 34.8 Å². The van der Waals surface area contributed by atoms with Crippen LogP contribution in [0.4, 0.5) is 14.7 Å². The van der Waals surface area contributed by atoms with Gasteiger partial charge < -0.3 is 9.88 Å². The van der Waals surface area contributed by atoms with Crippen LogP contribution in [0.15, 0.2) is 24.3 Å². The van der Waals surface area contributed by atoms with Crippen molar-refractivity contribution in [2.24, 2.45) is 0 Å². The fourth-order valence-electron chi connectivity index (χ4n) is 1.64. The summed E-state index contributed by atoms with van der Waals surface area (Å²) in [6.07, 6.45) is -2.37. The molecule has 6 heteroatoms. The number of benzene rings is 1. The third-order valence-electron chi connectivity index (χ3n) is 2.39. The summed E-state index contributed by atoms with van der Waals surface area (Å²) in [5, 5.41) is 0.622. The molecule has 0 saturated carbocycles. The lowest BCUT2D eigenvalue weighted by Crippen LogP contribution is -2.31. The van der Waals surface area contributed by atoms with Gasteiger partial charge in [-0.2, -0.15) is 0 Å². The molecule has 2 aromatic rings. The van der Waals surface area contributed by atoms with E-state index in [9.17, 15) is 8.78 Å². The van der Waals surface area contributed by atoms with Crippen molar-refractivity contribution in [3.05, 3.63) is 24.3 Å². The summed E-state index contributed by atoms with van der Waals surface area (Å²) in [6, 6.07) is 7.48. The highest BCUT2D eigenvalue weighted by Gasteiger charge is 2.15. The summed E-state index contributed by atoms with van der Waals surface area (Å²) >= 11 is 3.25. The monoisotopic (exact) mass is 303 g/mol. The number of para-hydroxylation sites is 2. The number of aromatic nitrogens is 2. The highest BCUT2D eigenvalue weighted by atomic mass is 79.9. The van der Waals surface area contributed by atoms with Crippen molar-refractivity contribution in [2.75, 3.05) is 23.3 Å². The topological polar surface area (TPSA) is 31.9 Å². The van der Waals surface area contributed by atoms with E-state index in [0.717, 1.165) is 11.0 Å². The van der Waals surface area contributed by atoms with Crippen molar-refractivity contribution >= 4 is 32.9 Å². The van der Waals surface area contributed by atoms with E-state index in [-0.39, 0.29) is 6.54 Å². The molecule has 0 aliphatic carbocycles. The number of alkyl halides is 3. The molecule has 3 nitrogen and oxygen atoms in total. The highest BCUT2D eigenvalue weighted by molar-refractivity contribution is 9.09. The van der Waals surface area contributed by atoms with Gasteiger partial charge in [-0.25, -0.2) is 13.8 Å². The van der Waals surface area contributed by atoms with Crippen molar-refractivity contribution in [3.8, 4) is 0 Å². The van der Waals surface area contributed by atoms with Gasteiger partial charge in [-0.3, -0.25) is 0 Å². The Kier molecular flexibility index (Phi) is 3.93. The third kappa shape index (κ3) is 2.94. The fraction of sp³-hybridized carbons (Fsp3) is 0.364. The number of hydrogen-bond acceptors (Lipinski definition) is 2. The lowest BCUT2D eigenvalue weighted by atomic mass is 10.3. The number of hydrogen-bond donors (Lipinski definition) is 1. The van der Waals surface area contributed by atoms with Gasteiger partial charge in [0, 0.05) is 11.9 Å². The Bertz CT molecular complexity index is 453. The Labute approximate surface area is 106 Å². The second-order valence-electron chi connectivity index (χ2n) is 3.60. The van der Waals surface area contributed by atoms with E-state index < -0.39 is 6.43 Å². The van der Waals surface area contributed by atoms with Crippen molar-refractivity contribution in [3.63, 3.8) is 0 Å². The van der Waals surface area contributed by atoms with Crippen LogP contribution in [0.1, 0.15) is 0 Å². The molecule has 0 saturated heterocycles. The molecule has 0 aliphatic heterocycles. The molecular formula is C11H12BrF2N3. The van der Waals surface area contributed by atoms with Crippen molar-refractivity contribution in [1.82, 2.24) is 9.97 Å². The van der Waals surface area contributed by atoms with Gasteiger partial charge in [0.05, 0.1) is 17.6 Å². The molecule has 0 bridgehead atoms. The number of aromatic amines is 1. The summed E-state index contributed by atoms with van der Waals surface area (Å²) in [6.45, 7) is 0.176. The molecule has 0 atom stereocenters. The van der Waals surface area contributed by atoms with Crippen LogP contribution in [0, 0.1) is 0 Å². The van der Waals surface area contributed by atoms with E-state index in [1.54, 1.807) is 4.90 Å². The molecule has 1 N–H and O–H groups in total. The summed E-state index contributed by atoms with van der Waals surface area (Å²) in [5.41, 5.74) is 1.65. The minimum atomic E-state index is -2.37. The Balaban J connectivity index is 2.27. The van der Waals surface area contributed by atoms with E-state index in [1.165, 1.54) is 0 Å². The molecule has 0 fully saturated rings. The van der Waals surface area contributed by atoms with Crippen LogP contribution in [0.3, 0.4) is 0 Å². The molecule has 2 rings (SSSR count). The smallest absolute Gasteiger partial charge is 0.255 e. The van der Waals surface area contributed by atoms with Gasteiger partial charge in [0.15, 0.2) is 0 Å². The molecule has 1 aromatic carbocycles. The van der Waals surface area contributed by atoms with Crippen LogP contribution < -0.4 is 4.90 Å². The lowest BCUT2D eigenvalue weighted by Gasteiger charge is -2.19. The van der Waals surface area contributed by atoms with Crippen LogP contribution in [0.25, 0.3) is 11.0 Å². The second-order valence-corrected chi connectivity index (χ2v) is 4.40. The molecular weight excluding hydrogens is 292 g/mol. The number of nitrogens with zero attached hydrogens (tertiary/aromatic N) is 2. The predicted octanol–water partition coefficient (Wildman–Crippen LogP) is 3.03. The number of rotatable bonds is 5. The maximum Gasteiger partial charge on any atom is 0.255 e. The van der Waals surface area contributed by atoms with Gasteiger partial charge in [-0.15, -0.1) is 0 Å². The number of imidazole rings is 1. The molecule has 0 aliphatic rings. The van der Waals surface area contributed by atoms with E-state index in [1.807, 2.05) is 24.3 Å².